The van der Waals surface area contributed by atoms with Gasteiger partial charge in [0.1, 0.15) is 0 Å². The van der Waals surface area contributed by atoms with E-state index in [0.29, 0.717) is 6.92 Å². The third-order valence-electron chi connectivity index (χ3n) is 3.38. The Morgan fingerprint density at radius 2 is 1.60 bits per heavy atom. The molecule has 1 aromatic carbocycles. The summed E-state index contributed by atoms with van der Waals surface area (Å²) in [7, 11) is 0. The predicted octanol–water partition coefficient (Wildman–Crippen LogP) is 4.29. The van der Waals surface area contributed by atoms with Crippen LogP contribution in [0.1, 0.15) is 36.2 Å². The minimum absolute atomic E-state index is 0.0996. The molecular formula is C15H15F7O3. The van der Waals surface area contributed by atoms with E-state index in [-0.39, 0.29) is 6.61 Å². The van der Waals surface area contributed by atoms with Crippen LogP contribution in [0.4, 0.5) is 30.7 Å². The number of carbonyl (C=O) groups is 1. The SMILES string of the molecule is CCOC(=O)c1ccccc1C(C)(O)CC(F)(F)C(F)(F)C(F)(F)F. The van der Waals surface area contributed by atoms with Crippen LogP contribution < -0.4 is 0 Å². The molecule has 0 fully saturated rings. The lowest BCUT2D eigenvalue weighted by atomic mass is 9.84. The number of hydrogen-bond donors (Lipinski definition) is 1. The van der Waals surface area contributed by atoms with Crippen LogP contribution in [-0.4, -0.2) is 35.7 Å². The summed E-state index contributed by atoms with van der Waals surface area (Å²) in [6, 6.07) is 4.52. The van der Waals surface area contributed by atoms with Crippen molar-refractivity contribution >= 4 is 5.97 Å². The fourth-order valence-corrected chi connectivity index (χ4v) is 2.19. The highest BCUT2D eigenvalue weighted by Gasteiger charge is 2.73. The maximum Gasteiger partial charge on any atom is 0.459 e. The molecule has 0 aliphatic carbocycles. The molecule has 1 N–H and O–H groups in total. The maximum atomic E-state index is 13.6. The van der Waals surface area contributed by atoms with Crippen molar-refractivity contribution in [3.63, 3.8) is 0 Å². The minimum atomic E-state index is -6.51. The van der Waals surface area contributed by atoms with Gasteiger partial charge >= 0.3 is 24.0 Å². The normalized spacial score (nSPS) is 15.6. The number of rotatable bonds is 6. The van der Waals surface area contributed by atoms with Gasteiger partial charge in [-0.1, -0.05) is 18.2 Å². The predicted molar refractivity (Wildman–Crippen MR) is 72.5 cm³/mol. The summed E-state index contributed by atoms with van der Waals surface area (Å²) >= 11 is 0. The number of ether oxygens (including phenoxy) is 1. The smallest absolute Gasteiger partial charge is 0.459 e. The Bertz CT molecular complexity index is 624. The fourth-order valence-electron chi connectivity index (χ4n) is 2.19. The molecule has 0 radical (unpaired) electrons. The number of carbonyl (C=O) groups excluding carboxylic acids is 1. The molecule has 0 saturated carbocycles. The molecule has 0 saturated heterocycles. The first-order chi connectivity index (χ1) is 11.2. The zero-order chi connectivity index (χ0) is 19.7. The van der Waals surface area contributed by atoms with Gasteiger partial charge in [0.15, 0.2) is 0 Å². The molecule has 0 amide bonds. The Balaban J connectivity index is 3.29. The van der Waals surface area contributed by atoms with Gasteiger partial charge in [0.2, 0.25) is 0 Å². The van der Waals surface area contributed by atoms with E-state index in [1.165, 1.54) is 19.1 Å². The van der Waals surface area contributed by atoms with Crippen molar-refractivity contribution in [2.75, 3.05) is 6.61 Å². The molecule has 142 valence electrons. The molecule has 25 heavy (non-hydrogen) atoms. The van der Waals surface area contributed by atoms with Crippen molar-refractivity contribution in [1.82, 2.24) is 0 Å². The van der Waals surface area contributed by atoms with Gasteiger partial charge in [-0.05, 0) is 25.5 Å². The highest BCUT2D eigenvalue weighted by atomic mass is 19.4. The Morgan fingerprint density at radius 3 is 2.08 bits per heavy atom. The molecule has 0 aliphatic rings. The average Bonchev–Trinajstić information content (AvgIpc) is 2.45. The maximum absolute atomic E-state index is 13.6. The lowest BCUT2D eigenvalue weighted by molar-refractivity contribution is -0.361. The second-order valence-corrected chi connectivity index (χ2v) is 5.49. The third kappa shape index (κ3) is 4.23. The Hall–Kier alpha value is -1.84. The van der Waals surface area contributed by atoms with Gasteiger partial charge in [0.05, 0.1) is 24.2 Å². The number of halogens is 7. The molecule has 1 aromatic rings. The molecule has 0 bridgehead atoms. The lowest BCUT2D eigenvalue weighted by Crippen LogP contribution is -2.54. The summed E-state index contributed by atoms with van der Waals surface area (Å²) in [5.74, 6) is -13.0. The van der Waals surface area contributed by atoms with E-state index in [1.54, 1.807) is 0 Å². The van der Waals surface area contributed by atoms with Crippen LogP contribution in [0.15, 0.2) is 24.3 Å². The van der Waals surface area contributed by atoms with Crippen LogP contribution in [0, 0.1) is 0 Å². The summed E-state index contributed by atoms with van der Waals surface area (Å²) in [6.45, 7) is 1.96. The zero-order valence-electron chi connectivity index (χ0n) is 13.1. The highest BCUT2D eigenvalue weighted by molar-refractivity contribution is 5.91. The van der Waals surface area contributed by atoms with Gasteiger partial charge in [0, 0.05) is 0 Å². The van der Waals surface area contributed by atoms with E-state index < -0.39 is 47.1 Å². The summed E-state index contributed by atoms with van der Waals surface area (Å²) < 4.78 is 94.7. The number of alkyl halides is 7. The molecule has 1 rings (SSSR count). The van der Waals surface area contributed by atoms with Gasteiger partial charge < -0.3 is 9.84 Å². The molecule has 1 atom stereocenters. The summed E-state index contributed by atoms with van der Waals surface area (Å²) in [6.07, 6.45) is -8.77. The molecule has 1 unspecified atom stereocenters. The van der Waals surface area contributed by atoms with Gasteiger partial charge in [0.25, 0.3) is 0 Å². The van der Waals surface area contributed by atoms with Gasteiger partial charge in [-0.25, -0.2) is 4.79 Å². The fraction of sp³-hybridized carbons (Fsp3) is 0.533. The first-order valence-corrected chi connectivity index (χ1v) is 6.98. The van der Waals surface area contributed by atoms with E-state index in [1.807, 2.05) is 0 Å². The van der Waals surface area contributed by atoms with E-state index in [0.717, 1.165) is 12.1 Å². The Kier molecular flexibility index (Phi) is 5.78. The topological polar surface area (TPSA) is 46.5 Å². The quantitative estimate of drug-likeness (QED) is 0.595. The molecule has 0 aromatic heterocycles. The Labute approximate surface area is 138 Å². The molecule has 0 aliphatic heterocycles. The van der Waals surface area contributed by atoms with Crippen molar-refractivity contribution in [3.8, 4) is 0 Å². The summed E-state index contributed by atoms with van der Waals surface area (Å²) in [5.41, 5.74) is -3.83. The van der Waals surface area contributed by atoms with Crippen LogP contribution in [0.2, 0.25) is 0 Å². The third-order valence-corrected chi connectivity index (χ3v) is 3.38. The van der Waals surface area contributed by atoms with Crippen LogP contribution in [-0.2, 0) is 10.3 Å². The van der Waals surface area contributed by atoms with Crippen LogP contribution in [0.25, 0.3) is 0 Å². The standard InChI is InChI=1S/C15H15F7O3/c1-3-25-11(23)9-6-4-5-7-10(9)12(2,24)8-13(16,17)14(18,19)15(20,21)22/h4-7,24H,3,8H2,1-2H3. The van der Waals surface area contributed by atoms with Gasteiger partial charge in [-0.2, -0.15) is 30.7 Å². The number of esters is 1. The van der Waals surface area contributed by atoms with Crippen molar-refractivity contribution in [2.24, 2.45) is 0 Å². The molecule has 3 nitrogen and oxygen atoms in total. The highest BCUT2D eigenvalue weighted by Crippen LogP contribution is 2.51. The zero-order valence-corrected chi connectivity index (χ0v) is 13.1. The summed E-state index contributed by atoms with van der Waals surface area (Å²) in [5, 5.41) is 10.2. The molecule has 0 heterocycles. The first-order valence-electron chi connectivity index (χ1n) is 6.98. The van der Waals surface area contributed by atoms with Crippen LogP contribution in [0.5, 0.6) is 0 Å². The molecular weight excluding hydrogens is 361 g/mol. The number of aliphatic hydroxyl groups is 1. The van der Waals surface area contributed by atoms with Crippen molar-refractivity contribution in [1.29, 1.82) is 0 Å². The number of hydrogen-bond acceptors (Lipinski definition) is 3. The lowest BCUT2D eigenvalue weighted by Gasteiger charge is -2.34. The van der Waals surface area contributed by atoms with Crippen LogP contribution >= 0.6 is 0 Å². The number of benzene rings is 1. The molecule has 10 heteroatoms. The second kappa shape index (κ2) is 6.81. The second-order valence-electron chi connectivity index (χ2n) is 5.49. The minimum Gasteiger partial charge on any atom is -0.462 e. The van der Waals surface area contributed by atoms with Crippen molar-refractivity contribution in [2.45, 2.75) is 43.9 Å². The molecule has 0 spiro atoms. The summed E-state index contributed by atoms with van der Waals surface area (Å²) in [4.78, 5) is 11.8. The first kappa shape index (κ1) is 21.2. The Morgan fingerprint density at radius 1 is 1.08 bits per heavy atom. The van der Waals surface area contributed by atoms with E-state index in [4.69, 9.17) is 0 Å². The van der Waals surface area contributed by atoms with Gasteiger partial charge in [-0.15, -0.1) is 0 Å². The van der Waals surface area contributed by atoms with Crippen LogP contribution in [0.3, 0.4) is 0 Å². The van der Waals surface area contributed by atoms with E-state index in [2.05, 4.69) is 4.74 Å². The van der Waals surface area contributed by atoms with Gasteiger partial charge in [-0.3, -0.25) is 0 Å². The van der Waals surface area contributed by atoms with E-state index in [9.17, 15) is 40.6 Å². The van der Waals surface area contributed by atoms with Crippen molar-refractivity contribution in [3.05, 3.63) is 35.4 Å². The monoisotopic (exact) mass is 376 g/mol. The van der Waals surface area contributed by atoms with Crippen molar-refractivity contribution < 1.29 is 45.4 Å². The largest absolute Gasteiger partial charge is 0.462 e. The average molecular weight is 376 g/mol. The van der Waals surface area contributed by atoms with E-state index >= 15 is 0 Å².